The van der Waals surface area contributed by atoms with Gasteiger partial charge in [-0.1, -0.05) is 29.8 Å². The van der Waals surface area contributed by atoms with Crippen molar-refractivity contribution in [3.05, 3.63) is 58.1 Å². The highest BCUT2D eigenvalue weighted by atomic mass is 35.5. The largest absolute Gasteiger partial charge is 0.492 e. The molecule has 0 bridgehead atoms. The van der Waals surface area contributed by atoms with E-state index in [-0.39, 0.29) is 24.2 Å². The second-order valence-electron chi connectivity index (χ2n) is 9.13. The number of hydrogen-bond acceptors (Lipinski definition) is 4. The van der Waals surface area contributed by atoms with Gasteiger partial charge in [0.2, 0.25) is 0 Å². The van der Waals surface area contributed by atoms with Gasteiger partial charge in [-0.05, 0) is 62.4 Å². The van der Waals surface area contributed by atoms with Gasteiger partial charge in [0, 0.05) is 34.2 Å². The van der Waals surface area contributed by atoms with Crippen LogP contribution in [0.15, 0.2) is 36.4 Å². The van der Waals surface area contributed by atoms with Crippen LogP contribution in [0.2, 0.25) is 5.02 Å². The zero-order valence-electron chi connectivity index (χ0n) is 18.0. The summed E-state index contributed by atoms with van der Waals surface area (Å²) in [6.07, 6.45) is 4.72. The molecule has 0 atom stereocenters. The quantitative estimate of drug-likeness (QED) is 0.576. The SMILES string of the molecule is Cl.O=C(O)CCN1CCC2(CC1)COc1cc(OCc3cc(C4CC4)ccc3Cl)ccc12. The lowest BCUT2D eigenvalue weighted by molar-refractivity contribution is -0.137. The lowest BCUT2D eigenvalue weighted by atomic mass is 9.74. The third-order valence-electron chi connectivity index (χ3n) is 7.00. The maximum absolute atomic E-state index is 10.8. The number of rotatable bonds is 7. The third kappa shape index (κ3) is 4.85. The maximum atomic E-state index is 10.8. The Bertz CT molecular complexity index is 984. The van der Waals surface area contributed by atoms with Crippen molar-refractivity contribution in [1.82, 2.24) is 4.90 Å². The molecule has 5 nitrogen and oxygen atoms in total. The van der Waals surface area contributed by atoms with Gasteiger partial charge in [0.15, 0.2) is 0 Å². The number of carboxylic acids is 1. The Kier molecular flexibility index (Phi) is 6.89. The number of benzene rings is 2. The molecule has 1 spiro atoms. The highest BCUT2D eigenvalue weighted by molar-refractivity contribution is 6.31. The monoisotopic (exact) mass is 477 g/mol. The summed E-state index contributed by atoms with van der Waals surface area (Å²) >= 11 is 6.39. The smallest absolute Gasteiger partial charge is 0.304 e. The molecule has 2 fully saturated rings. The van der Waals surface area contributed by atoms with Crippen molar-refractivity contribution in [2.75, 3.05) is 26.2 Å². The van der Waals surface area contributed by atoms with Crippen molar-refractivity contribution in [2.45, 2.75) is 50.0 Å². The molecule has 172 valence electrons. The Morgan fingerprint density at radius 3 is 2.69 bits per heavy atom. The van der Waals surface area contributed by atoms with Crippen molar-refractivity contribution >= 4 is 30.0 Å². The number of fused-ring (bicyclic) bond motifs is 2. The summed E-state index contributed by atoms with van der Waals surface area (Å²) in [6, 6.07) is 12.5. The van der Waals surface area contributed by atoms with E-state index in [1.807, 2.05) is 18.2 Å². The van der Waals surface area contributed by atoms with Crippen LogP contribution < -0.4 is 9.47 Å². The predicted octanol–water partition coefficient (Wildman–Crippen LogP) is 5.42. The summed E-state index contributed by atoms with van der Waals surface area (Å²) in [4.78, 5) is 13.1. The van der Waals surface area contributed by atoms with E-state index in [4.69, 9.17) is 26.2 Å². The van der Waals surface area contributed by atoms with E-state index in [1.165, 1.54) is 24.0 Å². The maximum Gasteiger partial charge on any atom is 0.304 e. The van der Waals surface area contributed by atoms with Gasteiger partial charge in [0.25, 0.3) is 0 Å². The molecule has 5 rings (SSSR count). The molecule has 2 aromatic carbocycles. The van der Waals surface area contributed by atoms with E-state index in [0.29, 0.717) is 25.7 Å². The number of nitrogens with zero attached hydrogens (tertiary/aromatic N) is 1. The lowest BCUT2D eigenvalue weighted by Crippen LogP contribution is -2.44. The summed E-state index contributed by atoms with van der Waals surface area (Å²) in [5.74, 6) is 1.66. The van der Waals surface area contributed by atoms with Crippen molar-refractivity contribution in [3.8, 4) is 11.5 Å². The molecule has 1 saturated heterocycles. The average molecular weight is 478 g/mol. The minimum absolute atomic E-state index is 0. The van der Waals surface area contributed by atoms with E-state index < -0.39 is 5.97 Å². The van der Waals surface area contributed by atoms with Crippen molar-refractivity contribution in [2.24, 2.45) is 0 Å². The molecule has 0 aromatic heterocycles. The number of halogens is 2. The van der Waals surface area contributed by atoms with Crippen LogP contribution in [-0.2, 0) is 16.8 Å². The third-order valence-corrected chi connectivity index (χ3v) is 7.37. The van der Waals surface area contributed by atoms with Crippen LogP contribution in [0.4, 0.5) is 0 Å². The van der Waals surface area contributed by atoms with Crippen LogP contribution in [0.3, 0.4) is 0 Å². The number of likely N-dealkylation sites (tertiary alicyclic amines) is 1. The first-order valence-corrected chi connectivity index (χ1v) is 11.5. The molecule has 0 amide bonds. The summed E-state index contributed by atoms with van der Waals surface area (Å²) in [6.45, 7) is 3.57. The van der Waals surface area contributed by atoms with E-state index in [2.05, 4.69) is 23.1 Å². The van der Waals surface area contributed by atoms with E-state index in [0.717, 1.165) is 48.0 Å². The number of carboxylic acid groups (broad SMARTS) is 1. The van der Waals surface area contributed by atoms with Crippen LogP contribution in [0.25, 0.3) is 0 Å². The van der Waals surface area contributed by atoms with Crippen molar-refractivity contribution in [3.63, 3.8) is 0 Å². The Balaban J connectivity index is 0.00000245. The molecule has 1 aliphatic carbocycles. The van der Waals surface area contributed by atoms with Gasteiger partial charge in [-0.15, -0.1) is 12.4 Å². The van der Waals surface area contributed by atoms with Gasteiger partial charge in [0.05, 0.1) is 13.0 Å². The fourth-order valence-corrected chi connectivity index (χ4v) is 5.02. The van der Waals surface area contributed by atoms with Gasteiger partial charge in [-0.3, -0.25) is 4.79 Å². The molecule has 2 aromatic rings. The number of aliphatic carboxylic acids is 1. The van der Waals surface area contributed by atoms with Gasteiger partial charge in [-0.25, -0.2) is 0 Å². The van der Waals surface area contributed by atoms with Crippen LogP contribution in [0.5, 0.6) is 11.5 Å². The summed E-state index contributed by atoms with van der Waals surface area (Å²) < 4.78 is 12.2. The molecule has 2 heterocycles. The van der Waals surface area contributed by atoms with Gasteiger partial charge in [-0.2, -0.15) is 0 Å². The summed E-state index contributed by atoms with van der Waals surface area (Å²) in [5, 5.41) is 9.66. The van der Waals surface area contributed by atoms with Crippen molar-refractivity contribution in [1.29, 1.82) is 0 Å². The Hall–Kier alpha value is -1.95. The molecule has 1 N–H and O–H groups in total. The summed E-state index contributed by atoms with van der Waals surface area (Å²) in [5.41, 5.74) is 3.68. The van der Waals surface area contributed by atoms with Gasteiger partial charge in [0.1, 0.15) is 18.1 Å². The number of piperidine rings is 1. The number of ether oxygens (including phenoxy) is 2. The first-order valence-electron chi connectivity index (χ1n) is 11.2. The predicted molar refractivity (Wildman–Crippen MR) is 127 cm³/mol. The zero-order chi connectivity index (χ0) is 21.4. The zero-order valence-corrected chi connectivity index (χ0v) is 19.6. The molecule has 1 saturated carbocycles. The molecule has 0 unspecified atom stereocenters. The fourth-order valence-electron chi connectivity index (χ4n) is 4.85. The molecular weight excluding hydrogens is 449 g/mol. The minimum Gasteiger partial charge on any atom is -0.492 e. The highest BCUT2D eigenvalue weighted by Crippen LogP contribution is 2.47. The molecule has 3 aliphatic rings. The van der Waals surface area contributed by atoms with Gasteiger partial charge < -0.3 is 19.5 Å². The van der Waals surface area contributed by atoms with E-state index in [9.17, 15) is 4.79 Å². The van der Waals surface area contributed by atoms with E-state index >= 15 is 0 Å². The van der Waals surface area contributed by atoms with Crippen LogP contribution in [-0.4, -0.2) is 42.2 Å². The van der Waals surface area contributed by atoms with Crippen LogP contribution >= 0.6 is 24.0 Å². The lowest BCUT2D eigenvalue weighted by Gasteiger charge is -2.38. The standard InChI is InChI=1S/C25H28ClNO4.ClH/c26-22-6-3-18(17-1-2-17)13-19(22)15-30-20-4-5-21-23(14-20)31-16-25(21)8-11-27(12-9-25)10-7-24(28)29;/h3-6,13-14,17H,1-2,7-12,15-16H2,(H,28,29);1H. The minimum atomic E-state index is -0.733. The Labute approximate surface area is 200 Å². The Morgan fingerprint density at radius 2 is 1.97 bits per heavy atom. The van der Waals surface area contributed by atoms with Crippen molar-refractivity contribution < 1.29 is 19.4 Å². The summed E-state index contributed by atoms with van der Waals surface area (Å²) in [7, 11) is 0. The van der Waals surface area contributed by atoms with Crippen LogP contribution in [0, 0.1) is 0 Å². The van der Waals surface area contributed by atoms with Gasteiger partial charge >= 0.3 is 5.97 Å². The first kappa shape index (κ1) is 23.2. The molecule has 2 aliphatic heterocycles. The normalized spacial score (nSPS) is 19.2. The number of hydrogen-bond donors (Lipinski definition) is 1. The van der Waals surface area contributed by atoms with Crippen LogP contribution in [0.1, 0.15) is 54.7 Å². The second-order valence-corrected chi connectivity index (χ2v) is 9.53. The molecular formula is C25H29Cl2NO4. The highest BCUT2D eigenvalue weighted by Gasteiger charge is 2.43. The second kappa shape index (κ2) is 9.50. The first-order chi connectivity index (χ1) is 15.0. The Morgan fingerprint density at radius 1 is 1.19 bits per heavy atom. The topological polar surface area (TPSA) is 59.0 Å². The molecule has 7 heteroatoms. The molecule has 32 heavy (non-hydrogen) atoms. The molecule has 0 radical (unpaired) electrons. The van der Waals surface area contributed by atoms with E-state index in [1.54, 1.807) is 0 Å². The average Bonchev–Trinajstić information content (AvgIpc) is 3.57. The number of carbonyl (C=O) groups is 1. The fraction of sp³-hybridized carbons (Fsp3) is 0.480.